The van der Waals surface area contributed by atoms with Crippen molar-refractivity contribution >= 4 is 34.3 Å². The number of halogens is 2. The van der Waals surface area contributed by atoms with E-state index in [9.17, 15) is 18.4 Å². The van der Waals surface area contributed by atoms with E-state index in [1.807, 2.05) is 0 Å². The van der Waals surface area contributed by atoms with Gasteiger partial charge in [-0.3, -0.25) is 14.5 Å². The van der Waals surface area contributed by atoms with Gasteiger partial charge in [0.2, 0.25) is 0 Å². The minimum atomic E-state index is -2.95. The van der Waals surface area contributed by atoms with Crippen molar-refractivity contribution in [2.45, 2.75) is 20.0 Å². The van der Waals surface area contributed by atoms with Crippen LogP contribution >= 0.6 is 11.8 Å². The van der Waals surface area contributed by atoms with Crippen molar-refractivity contribution in [3.8, 4) is 5.75 Å². The van der Waals surface area contributed by atoms with Crippen LogP contribution in [0.5, 0.6) is 5.75 Å². The molecule has 5 nitrogen and oxygen atoms in total. The third-order valence-corrected chi connectivity index (χ3v) is 5.10. The Morgan fingerprint density at radius 3 is 2.57 bits per heavy atom. The molecule has 2 aromatic carbocycles. The van der Waals surface area contributed by atoms with Crippen LogP contribution in [0.3, 0.4) is 0 Å². The van der Waals surface area contributed by atoms with Crippen LogP contribution in [0.15, 0.2) is 53.5 Å². The highest BCUT2D eigenvalue weighted by atomic mass is 32.2. The highest BCUT2D eigenvalue weighted by Gasteiger charge is 2.25. The number of nitrogens with zero attached hydrogens (tertiary/aromatic N) is 2. The molecule has 0 aromatic heterocycles. The van der Waals surface area contributed by atoms with Crippen LogP contribution in [0.2, 0.25) is 0 Å². The number of hydrogen-bond acceptors (Lipinski definition) is 5. The van der Waals surface area contributed by atoms with Crippen molar-refractivity contribution in [2.24, 2.45) is 4.99 Å². The van der Waals surface area contributed by atoms with Gasteiger partial charge in [-0.1, -0.05) is 17.8 Å². The summed E-state index contributed by atoms with van der Waals surface area (Å²) in [5.41, 5.74) is 1.46. The largest absolute Gasteiger partial charge is 0.435 e. The first-order valence-corrected chi connectivity index (χ1v) is 9.62. The average molecular weight is 404 g/mol. The Balaban J connectivity index is 1.84. The van der Waals surface area contributed by atoms with Gasteiger partial charge in [0.1, 0.15) is 5.75 Å². The fraction of sp³-hybridized carbons (Fsp3) is 0.250. The van der Waals surface area contributed by atoms with Crippen LogP contribution in [-0.2, 0) is 0 Å². The number of amides is 1. The Morgan fingerprint density at radius 1 is 1.14 bits per heavy atom. The predicted molar refractivity (Wildman–Crippen MR) is 105 cm³/mol. The number of rotatable bonds is 5. The van der Waals surface area contributed by atoms with Crippen molar-refractivity contribution in [3.05, 3.63) is 59.7 Å². The number of alkyl halides is 2. The summed E-state index contributed by atoms with van der Waals surface area (Å²) in [6.07, 6.45) is 0.798. The highest BCUT2D eigenvalue weighted by molar-refractivity contribution is 8.13. The van der Waals surface area contributed by atoms with Gasteiger partial charge in [0.15, 0.2) is 11.0 Å². The van der Waals surface area contributed by atoms with E-state index in [1.165, 1.54) is 41.8 Å². The van der Waals surface area contributed by atoms with Crippen LogP contribution in [0.4, 0.5) is 14.5 Å². The molecule has 0 N–H and O–H groups in total. The Labute approximate surface area is 165 Å². The van der Waals surface area contributed by atoms with Crippen LogP contribution in [-0.4, -0.2) is 40.7 Å². The Bertz CT molecular complexity index is 901. The summed E-state index contributed by atoms with van der Waals surface area (Å²) in [5.74, 6) is 0.395. The lowest BCUT2D eigenvalue weighted by atomic mass is 10.1. The molecular formula is C20H18F2N2O3S. The smallest absolute Gasteiger partial charge is 0.387 e. The van der Waals surface area contributed by atoms with E-state index in [2.05, 4.69) is 9.73 Å². The fourth-order valence-corrected chi connectivity index (χ4v) is 3.64. The molecule has 1 saturated heterocycles. The first kappa shape index (κ1) is 20.0. The van der Waals surface area contributed by atoms with Crippen LogP contribution in [0, 0.1) is 0 Å². The highest BCUT2D eigenvalue weighted by Crippen LogP contribution is 2.25. The molecule has 3 rings (SSSR count). The van der Waals surface area contributed by atoms with E-state index in [0.717, 1.165) is 12.2 Å². The number of Topliss-reactive ketones (excluding diaryl/α,β-unsaturated/α-hetero) is 1. The summed E-state index contributed by atoms with van der Waals surface area (Å²) < 4.78 is 29.2. The quantitative estimate of drug-likeness (QED) is 0.675. The predicted octanol–water partition coefficient (Wildman–Crippen LogP) is 4.76. The molecule has 0 unspecified atom stereocenters. The van der Waals surface area contributed by atoms with Gasteiger partial charge >= 0.3 is 6.61 Å². The summed E-state index contributed by atoms with van der Waals surface area (Å²) >= 11 is 1.45. The van der Waals surface area contributed by atoms with Gasteiger partial charge in [0, 0.05) is 23.4 Å². The molecule has 1 fully saturated rings. The van der Waals surface area contributed by atoms with E-state index in [4.69, 9.17) is 0 Å². The normalized spacial score (nSPS) is 15.7. The molecule has 8 heteroatoms. The van der Waals surface area contributed by atoms with E-state index in [1.54, 1.807) is 30.3 Å². The summed E-state index contributed by atoms with van der Waals surface area (Å²) in [7, 11) is 0. The molecule has 146 valence electrons. The van der Waals surface area contributed by atoms with Gasteiger partial charge in [-0.15, -0.1) is 0 Å². The Hall–Kier alpha value is -2.74. The molecule has 0 radical (unpaired) electrons. The molecule has 28 heavy (non-hydrogen) atoms. The van der Waals surface area contributed by atoms with E-state index in [0.29, 0.717) is 23.0 Å². The van der Waals surface area contributed by atoms with E-state index >= 15 is 0 Å². The second-order valence-corrected chi connectivity index (χ2v) is 7.12. The standard InChI is InChI=1S/C20H18F2N2O3S/c1-13(25)14-6-8-16(9-7-14)23-20-24(10-3-11-28-20)18(26)15-4-2-5-17(12-15)27-19(21)22/h2,4-9,12,19H,3,10-11H2,1H3. The maximum Gasteiger partial charge on any atom is 0.387 e. The number of hydrogen-bond donors (Lipinski definition) is 0. The monoisotopic (exact) mass is 404 g/mol. The molecule has 0 aliphatic carbocycles. The van der Waals surface area contributed by atoms with Gasteiger partial charge in [-0.2, -0.15) is 8.78 Å². The van der Waals surface area contributed by atoms with Crippen LogP contribution in [0.25, 0.3) is 0 Å². The third kappa shape index (κ3) is 4.95. The first-order chi connectivity index (χ1) is 13.4. The number of aliphatic imine (C=N–C) groups is 1. The number of ketones is 1. The third-order valence-electron chi connectivity index (χ3n) is 4.04. The zero-order chi connectivity index (χ0) is 20.1. The van der Waals surface area contributed by atoms with Crippen LogP contribution < -0.4 is 4.74 Å². The molecule has 1 amide bonds. The van der Waals surface area contributed by atoms with Crippen molar-refractivity contribution in [2.75, 3.05) is 12.3 Å². The van der Waals surface area contributed by atoms with Crippen LogP contribution in [0.1, 0.15) is 34.1 Å². The molecule has 0 saturated carbocycles. The number of benzene rings is 2. The molecular weight excluding hydrogens is 386 g/mol. The van der Waals surface area contributed by atoms with Crippen molar-refractivity contribution in [1.29, 1.82) is 0 Å². The molecule has 1 aliphatic heterocycles. The van der Waals surface area contributed by atoms with E-state index < -0.39 is 6.61 Å². The number of carbonyl (C=O) groups is 2. The van der Waals surface area contributed by atoms with Gasteiger partial charge in [0.25, 0.3) is 5.91 Å². The number of thioether (sulfide) groups is 1. The maximum atomic E-state index is 12.9. The first-order valence-electron chi connectivity index (χ1n) is 8.63. The second-order valence-electron chi connectivity index (χ2n) is 6.06. The minimum Gasteiger partial charge on any atom is -0.435 e. The lowest BCUT2D eigenvalue weighted by molar-refractivity contribution is -0.0499. The second kappa shape index (κ2) is 8.97. The number of amidine groups is 1. The SMILES string of the molecule is CC(=O)c1ccc(N=C2SCCCN2C(=O)c2cccc(OC(F)F)c2)cc1. The van der Waals surface area contributed by atoms with E-state index in [-0.39, 0.29) is 23.0 Å². The molecule has 2 aromatic rings. The molecule has 0 bridgehead atoms. The van der Waals surface area contributed by atoms with Crippen molar-refractivity contribution in [3.63, 3.8) is 0 Å². The summed E-state index contributed by atoms with van der Waals surface area (Å²) in [5, 5.41) is 0.534. The Kier molecular flexibility index (Phi) is 6.41. The zero-order valence-corrected chi connectivity index (χ0v) is 15.9. The number of carbonyl (C=O) groups excluding carboxylic acids is 2. The van der Waals surface area contributed by atoms with Gasteiger partial charge in [0.05, 0.1) is 5.69 Å². The average Bonchev–Trinajstić information content (AvgIpc) is 2.68. The molecule has 0 atom stereocenters. The summed E-state index contributed by atoms with van der Waals surface area (Å²) in [4.78, 5) is 30.4. The lowest BCUT2D eigenvalue weighted by Crippen LogP contribution is -2.39. The number of ether oxygens (including phenoxy) is 1. The molecule has 1 aliphatic rings. The molecule has 1 heterocycles. The minimum absolute atomic E-state index is 0.0334. The summed E-state index contributed by atoms with van der Waals surface area (Å²) in [6, 6.07) is 12.5. The summed E-state index contributed by atoms with van der Waals surface area (Å²) in [6.45, 7) is -0.980. The van der Waals surface area contributed by atoms with Gasteiger partial charge in [-0.05, 0) is 55.8 Å². The zero-order valence-electron chi connectivity index (χ0n) is 15.1. The molecule has 0 spiro atoms. The topological polar surface area (TPSA) is 59.0 Å². The maximum absolute atomic E-state index is 12.9. The lowest BCUT2D eigenvalue weighted by Gasteiger charge is -2.28. The van der Waals surface area contributed by atoms with Crippen molar-refractivity contribution in [1.82, 2.24) is 4.90 Å². The Morgan fingerprint density at radius 2 is 1.89 bits per heavy atom. The fourth-order valence-electron chi connectivity index (χ4n) is 2.68. The van der Waals surface area contributed by atoms with Gasteiger partial charge in [-0.25, -0.2) is 4.99 Å². The van der Waals surface area contributed by atoms with Gasteiger partial charge < -0.3 is 4.74 Å². The van der Waals surface area contributed by atoms with Crippen molar-refractivity contribution < 1.29 is 23.1 Å².